The van der Waals surface area contributed by atoms with Gasteiger partial charge in [0.2, 0.25) is 0 Å². The first-order valence-electron chi connectivity index (χ1n) is 8.05. The minimum atomic E-state index is 0.284. The van der Waals surface area contributed by atoms with Crippen molar-refractivity contribution in [1.29, 1.82) is 0 Å². The smallest absolute Gasteiger partial charge is 0.0579 e. The fourth-order valence-electron chi connectivity index (χ4n) is 2.93. The van der Waals surface area contributed by atoms with Crippen LogP contribution < -0.4 is 5.32 Å². The molecule has 0 saturated heterocycles. The molecule has 1 heteroatoms. The summed E-state index contributed by atoms with van der Waals surface area (Å²) in [6.45, 7) is 9.72. The standard InChI is InChI=1S/C20H27N/c1-5-7-17-9-11-18(12-10-17)20(21-6-2)19-13-8-15(3)14-16(19)4/h8-14,20-21H,5-7H2,1-4H3. The van der Waals surface area contributed by atoms with E-state index >= 15 is 0 Å². The fraction of sp³-hybridized carbons (Fsp3) is 0.400. The Labute approximate surface area is 129 Å². The predicted molar refractivity (Wildman–Crippen MR) is 91.9 cm³/mol. The third-order valence-corrected chi connectivity index (χ3v) is 4.00. The van der Waals surface area contributed by atoms with Crippen LogP contribution in [-0.4, -0.2) is 6.54 Å². The molecule has 1 unspecified atom stereocenters. The normalized spacial score (nSPS) is 12.4. The van der Waals surface area contributed by atoms with Crippen LogP contribution in [0.5, 0.6) is 0 Å². The summed E-state index contributed by atoms with van der Waals surface area (Å²) in [6, 6.07) is 16.1. The molecular formula is C20H27N. The molecule has 2 aromatic carbocycles. The number of hydrogen-bond donors (Lipinski definition) is 1. The summed E-state index contributed by atoms with van der Waals surface area (Å²) in [6.07, 6.45) is 2.36. The van der Waals surface area contributed by atoms with E-state index in [1.807, 2.05) is 0 Å². The second-order valence-corrected chi connectivity index (χ2v) is 5.84. The maximum absolute atomic E-state index is 3.63. The molecule has 21 heavy (non-hydrogen) atoms. The van der Waals surface area contributed by atoms with Crippen molar-refractivity contribution in [2.45, 2.75) is 46.6 Å². The van der Waals surface area contributed by atoms with E-state index in [1.54, 1.807) is 0 Å². The second-order valence-electron chi connectivity index (χ2n) is 5.84. The van der Waals surface area contributed by atoms with Crippen LogP contribution in [0.2, 0.25) is 0 Å². The van der Waals surface area contributed by atoms with Crippen LogP contribution in [0.25, 0.3) is 0 Å². The minimum Gasteiger partial charge on any atom is -0.307 e. The van der Waals surface area contributed by atoms with E-state index in [0.29, 0.717) is 0 Å². The van der Waals surface area contributed by atoms with Crippen molar-refractivity contribution in [3.63, 3.8) is 0 Å². The monoisotopic (exact) mass is 281 g/mol. The van der Waals surface area contributed by atoms with E-state index in [9.17, 15) is 0 Å². The van der Waals surface area contributed by atoms with Crippen molar-refractivity contribution in [1.82, 2.24) is 5.32 Å². The van der Waals surface area contributed by atoms with Gasteiger partial charge in [0, 0.05) is 0 Å². The van der Waals surface area contributed by atoms with Crippen molar-refractivity contribution < 1.29 is 0 Å². The van der Waals surface area contributed by atoms with E-state index in [-0.39, 0.29) is 6.04 Å². The van der Waals surface area contributed by atoms with Gasteiger partial charge in [-0.2, -0.15) is 0 Å². The van der Waals surface area contributed by atoms with Crippen LogP contribution in [0, 0.1) is 13.8 Å². The Morgan fingerprint density at radius 2 is 1.67 bits per heavy atom. The third kappa shape index (κ3) is 3.95. The van der Waals surface area contributed by atoms with Gasteiger partial charge >= 0.3 is 0 Å². The Balaban J connectivity index is 2.33. The number of hydrogen-bond acceptors (Lipinski definition) is 1. The molecule has 0 radical (unpaired) electrons. The zero-order valence-electron chi connectivity index (χ0n) is 13.7. The first kappa shape index (κ1) is 15.8. The van der Waals surface area contributed by atoms with E-state index < -0.39 is 0 Å². The minimum absolute atomic E-state index is 0.284. The lowest BCUT2D eigenvalue weighted by Gasteiger charge is -2.21. The fourth-order valence-corrected chi connectivity index (χ4v) is 2.93. The summed E-state index contributed by atoms with van der Waals surface area (Å²) in [5.74, 6) is 0. The molecule has 1 N–H and O–H groups in total. The molecule has 0 aliphatic heterocycles. The van der Waals surface area contributed by atoms with Gasteiger partial charge in [-0.15, -0.1) is 0 Å². The Hall–Kier alpha value is -1.60. The summed E-state index contributed by atoms with van der Waals surface area (Å²) in [7, 11) is 0. The molecule has 0 aliphatic rings. The van der Waals surface area contributed by atoms with Crippen molar-refractivity contribution in [2.24, 2.45) is 0 Å². The van der Waals surface area contributed by atoms with Gasteiger partial charge in [-0.3, -0.25) is 0 Å². The van der Waals surface area contributed by atoms with Crippen LogP contribution in [-0.2, 0) is 6.42 Å². The average Bonchev–Trinajstić information content (AvgIpc) is 2.47. The molecule has 0 aliphatic carbocycles. The second kappa shape index (κ2) is 7.42. The van der Waals surface area contributed by atoms with Crippen LogP contribution in [0.15, 0.2) is 42.5 Å². The molecular weight excluding hydrogens is 254 g/mol. The molecule has 0 fully saturated rings. The SMILES string of the molecule is CCCc1ccc(C(NCC)c2ccc(C)cc2C)cc1. The Kier molecular flexibility index (Phi) is 5.58. The van der Waals surface area contributed by atoms with E-state index in [0.717, 1.165) is 13.0 Å². The molecule has 1 nitrogen and oxygen atoms in total. The first-order valence-corrected chi connectivity index (χ1v) is 8.05. The number of rotatable bonds is 6. The third-order valence-electron chi connectivity index (χ3n) is 4.00. The Bertz CT molecular complexity index is 569. The summed E-state index contributed by atoms with van der Waals surface area (Å²) in [5.41, 5.74) is 6.84. The van der Waals surface area contributed by atoms with Crippen molar-refractivity contribution in [2.75, 3.05) is 6.54 Å². The highest BCUT2D eigenvalue weighted by atomic mass is 14.9. The first-order chi connectivity index (χ1) is 10.2. The predicted octanol–water partition coefficient (Wildman–Crippen LogP) is 4.95. The van der Waals surface area contributed by atoms with E-state index in [2.05, 4.69) is 75.5 Å². The van der Waals surface area contributed by atoms with Gasteiger partial charge in [0.1, 0.15) is 0 Å². The zero-order chi connectivity index (χ0) is 15.2. The molecule has 0 saturated carbocycles. The number of nitrogens with one attached hydrogen (secondary N) is 1. The van der Waals surface area contributed by atoms with Crippen LogP contribution in [0.1, 0.15) is 54.1 Å². The number of benzene rings is 2. The quantitative estimate of drug-likeness (QED) is 0.789. The Morgan fingerprint density at radius 3 is 2.24 bits per heavy atom. The van der Waals surface area contributed by atoms with Gasteiger partial charge in [0.05, 0.1) is 6.04 Å². The summed E-state index contributed by atoms with van der Waals surface area (Å²) in [5, 5.41) is 3.63. The van der Waals surface area contributed by atoms with Gasteiger partial charge in [0.25, 0.3) is 0 Å². The maximum Gasteiger partial charge on any atom is 0.0579 e. The highest BCUT2D eigenvalue weighted by Crippen LogP contribution is 2.26. The molecule has 112 valence electrons. The molecule has 0 spiro atoms. The number of aryl methyl sites for hydroxylation is 3. The average molecular weight is 281 g/mol. The lowest BCUT2D eigenvalue weighted by molar-refractivity contribution is 0.627. The van der Waals surface area contributed by atoms with Gasteiger partial charge in [0.15, 0.2) is 0 Å². The summed E-state index contributed by atoms with van der Waals surface area (Å²) >= 11 is 0. The van der Waals surface area contributed by atoms with Crippen molar-refractivity contribution in [3.8, 4) is 0 Å². The molecule has 0 bridgehead atoms. The van der Waals surface area contributed by atoms with Crippen molar-refractivity contribution >= 4 is 0 Å². The Morgan fingerprint density at radius 1 is 0.952 bits per heavy atom. The van der Waals surface area contributed by atoms with Crippen LogP contribution in [0.4, 0.5) is 0 Å². The lowest BCUT2D eigenvalue weighted by atomic mass is 9.93. The van der Waals surface area contributed by atoms with Crippen LogP contribution in [0.3, 0.4) is 0 Å². The summed E-state index contributed by atoms with van der Waals surface area (Å²) < 4.78 is 0. The molecule has 0 aromatic heterocycles. The molecule has 2 aromatic rings. The molecule has 0 amide bonds. The van der Waals surface area contributed by atoms with Crippen LogP contribution >= 0.6 is 0 Å². The van der Waals surface area contributed by atoms with Gasteiger partial charge in [-0.1, -0.05) is 68.3 Å². The highest BCUT2D eigenvalue weighted by Gasteiger charge is 2.15. The van der Waals surface area contributed by atoms with E-state index in [1.165, 1.54) is 34.2 Å². The summed E-state index contributed by atoms with van der Waals surface area (Å²) in [4.78, 5) is 0. The van der Waals surface area contributed by atoms with Gasteiger partial charge in [-0.05, 0) is 49.1 Å². The van der Waals surface area contributed by atoms with Crippen molar-refractivity contribution in [3.05, 3.63) is 70.3 Å². The highest BCUT2D eigenvalue weighted by molar-refractivity contribution is 5.39. The zero-order valence-corrected chi connectivity index (χ0v) is 13.7. The van der Waals surface area contributed by atoms with E-state index in [4.69, 9.17) is 0 Å². The van der Waals surface area contributed by atoms with Gasteiger partial charge < -0.3 is 5.32 Å². The maximum atomic E-state index is 3.63. The molecule has 2 rings (SSSR count). The topological polar surface area (TPSA) is 12.0 Å². The largest absolute Gasteiger partial charge is 0.307 e. The lowest BCUT2D eigenvalue weighted by Crippen LogP contribution is -2.22. The van der Waals surface area contributed by atoms with Gasteiger partial charge in [-0.25, -0.2) is 0 Å². The molecule has 0 heterocycles. The molecule has 1 atom stereocenters.